The number of hydrogen-bond donors (Lipinski definition) is 1. The van der Waals surface area contributed by atoms with Crippen LogP contribution in [0.25, 0.3) is 11.4 Å². The fourth-order valence-corrected chi connectivity index (χ4v) is 3.56. The molecule has 1 aromatic carbocycles. The summed E-state index contributed by atoms with van der Waals surface area (Å²) < 4.78 is 24.1. The lowest BCUT2D eigenvalue weighted by molar-refractivity contribution is -0.155. The number of amides is 1. The van der Waals surface area contributed by atoms with E-state index in [1.54, 1.807) is 26.0 Å². The van der Waals surface area contributed by atoms with Crippen molar-refractivity contribution in [2.45, 2.75) is 64.3 Å². The quantitative estimate of drug-likeness (QED) is 0.711. The molecule has 0 saturated heterocycles. The summed E-state index contributed by atoms with van der Waals surface area (Å²) in [6, 6.07) is 4.71. The Bertz CT molecular complexity index is 875. The van der Waals surface area contributed by atoms with Crippen molar-refractivity contribution < 1.29 is 23.2 Å². The summed E-state index contributed by atoms with van der Waals surface area (Å²) in [5.74, 6) is -0.417. The van der Waals surface area contributed by atoms with Gasteiger partial charge in [-0.1, -0.05) is 36.6 Å². The van der Waals surface area contributed by atoms with Crippen LogP contribution in [0.3, 0.4) is 0 Å². The van der Waals surface area contributed by atoms with Gasteiger partial charge in [-0.25, -0.2) is 9.18 Å². The molecule has 1 N–H and O–H groups in total. The third-order valence-electron chi connectivity index (χ3n) is 5.22. The van der Waals surface area contributed by atoms with E-state index in [0.29, 0.717) is 24.0 Å². The summed E-state index contributed by atoms with van der Waals surface area (Å²) in [6.07, 6.45) is 4.29. The van der Waals surface area contributed by atoms with Crippen LogP contribution >= 0.6 is 0 Å². The molecule has 0 atom stereocenters. The first-order valence-corrected chi connectivity index (χ1v) is 10.0. The Morgan fingerprint density at radius 2 is 2.03 bits per heavy atom. The maximum Gasteiger partial charge on any atom is 0.331 e. The van der Waals surface area contributed by atoms with Crippen LogP contribution in [0.15, 0.2) is 22.7 Å². The number of carbonyl (C=O) groups is 2. The van der Waals surface area contributed by atoms with E-state index in [4.69, 9.17) is 9.26 Å². The first-order valence-electron chi connectivity index (χ1n) is 10.0. The monoisotopic (exact) mass is 403 g/mol. The number of nitrogens with one attached hydrogen (secondary N) is 1. The lowest BCUT2D eigenvalue weighted by Crippen LogP contribution is -2.56. The van der Waals surface area contributed by atoms with Gasteiger partial charge in [0, 0.05) is 18.4 Å². The van der Waals surface area contributed by atoms with Gasteiger partial charge in [0.2, 0.25) is 17.6 Å². The van der Waals surface area contributed by atoms with Gasteiger partial charge in [0.15, 0.2) is 0 Å². The lowest BCUT2D eigenvalue weighted by atomic mass is 9.81. The summed E-state index contributed by atoms with van der Waals surface area (Å²) in [7, 11) is 0. The number of halogens is 1. The zero-order valence-corrected chi connectivity index (χ0v) is 16.8. The highest BCUT2D eigenvalue weighted by Crippen LogP contribution is 2.29. The first-order chi connectivity index (χ1) is 13.9. The van der Waals surface area contributed by atoms with Crippen molar-refractivity contribution in [1.29, 1.82) is 0 Å². The fraction of sp³-hybridized carbons (Fsp3) is 0.524. The Morgan fingerprint density at radius 1 is 1.28 bits per heavy atom. The van der Waals surface area contributed by atoms with Gasteiger partial charge < -0.3 is 14.6 Å². The number of benzene rings is 1. The highest BCUT2D eigenvalue weighted by Gasteiger charge is 2.42. The number of aryl methyl sites for hydroxylation is 2. The summed E-state index contributed by atoms with van der Waals surface area (Å²) in [5.41, 5.74) is 0.105. The molecule has 7 nitrogen and oxygen atoms in total. The average Bonchev–Trinajstić information content (AvgIpc) is 3.18. The van der Waals surface area contributed by atoms with Crippen LogP contribution in [0.2, 0.25) is 0 Å². The average molecular weight is 403 g/mol. The summed E-state index contributed by atoms with van der Waals surface area (Å²) >= 11 is 0. The van der Waals surface area contributed by atoms with Gasteiger partial charge in [-0.15, -0.1) is 0 Å². The second-order valence-corrected chi connectivity index (χ2v) is 7.39. The number of esters is 1. The topological polar surface area (TPSA) is 94.3 Å². The van der Waals surface area contributed by atoms with E-state index in [9.17, 15) is 14.0 Å². The van der Waals surface area contributed by atoms with Gasteiger partial charge in [0.25, 0.3) is 0 Å². The highest BCUT2D eigenvalue weighted by atomic mass is 19.1. The Labute approximate surface area is 169 Å². The first kappa shape index (κ1) is 21.0. The third kappa shape index (κ3) is 4.99. The summed E-state index contributed by atoms with van der Waals surface area (Å²) in [4.78, 5) is 29.2. The maximum absolute atomic E-state index is 13.7. The number of ether oxygens (including phenoxy) is 1. The Balaban J connectivity index is 1.60. The van der Waals surface area contributed by atoms with Crippen LogP contribution in [0.5, 0.6) is 0 Å². The second-order valence-electron chi connectivity index (χ2n) is 7.39. The molecule has 156 valence electrons. The fourth-order valence-electron chi connectivity index (χ4n) is 3.56. The van der Waals surface area contributed by atoms with E-state index < -0.39 is 5.54 Å². The summed E-state index contributed by atoms with van der Waals surface area (Å²) in [6.45, 7) is 3.71. The molecule has 3 rings (SSSR count). The van der Waals surface area contributed by atoms with Crippen LogP contribution in [-0.2, 0) is 20.7 Å². The van der Waals surface area contributed by atoms with E-state index >= 15 is 0 Å². The molecule has 29 heavy (non-hydrogen) atoms. The Hall–Kier alpha value is -2.77. The molecule has 0 spiro atoms. The minimum Gasteiger partial charge on any atom is -0.464 e. The van der Waals surface area contributed by atoms with Gasteiger partial charge in [0.1, 0.15) is 11.4 Å². The van der Waals surface area contributed by atoms with Gasteiger partial charge >= 0.3 is 5.97 Å². The van der Waals surface area contributed by atoms with Crippen molar-refractivity contribution in [3.63, 3.8) is 0 Å². The van der Waals surface area contributed by atoms with Crippen molar-refractivity contribution in [3.05, 3.63) is 35.5 Å². The molecule has 1 saturated carbocycles. The molecule has 1 aromatic heterocycles. The summed E-state index contributed by atoms with van der Waals surface area (Å²) in [5, 5.41) is 6.74. The van der Waals surface area contributed by atoms with Crippen LogP contribution in [0, 0.1) is 12.7 Å². The zero-order valence-electron chi connectivity index (χ0n) is 16.8. The van der Waals surface area contributed by atoms with E-state index in [1.165, 1.54) is 6.07 Å². The molecule has 2 aromatic rings. The van der Waals surface area contributed by atoms with E-state index in [0.717, 1.165) is 19.3 Å². The van der Waals surface area contributed by atoms with Crippen LogP contribution < -0.4 is 5.32 Å². The van der Waals surface area contributed by atoms with Gasteiger partial charge in [-0.2, -0.15) is 4.98 Å². The minimum atomic E-state index is -0.940. The molecule has 0 unspecified atom stereocenters. The zero-order chi connectivity index (χ0) is 20.9. The van der Waals surface area contributed by atoms with Crippen molar-refractivity contribution in [1.82, 2.24) is 15.5 Å². The number of hydrogen-bond acceptors (Lipinski definition) is 6. The molecular weight excluding hydrogens is 377 g/mol. The number of nitrogens with zero attached hydrogens (tertiary/aromatic N) is 2. The molecule has 1 heterocycles. The molecular formula is C21H26FN3O4. The maximum atomic E-state index is 13.7. The molecule has 1 aliphatic carbocycles. The smallest absolute Gasteiger partial charge is 0.331 e. The molecule has 0 aliphatic heterocycles. The van der Waals surface area contributed by atoms with Gasteiger partial charge in [0.05, 0.1) is 6.61 Å². The SMILES string of the molecule is CCOC(=O)C1(NC(=O)CCc2nc(-c3ccc(C)c(F)c3)no2)CCCCC1. The van der Waals surface area contributed by atoms with Crippen molar-refractivity contribution in [3.8, 4) is 11.4 Å². The van der Waals surface area contributed by atoms with Crippen molar-refractivity contribution in [2.75, 3.05) is 6.61 Å². The largest absolute Gasteiger partial charge is 0.464 e. The standard InChI is InChI=1S/C21H26FN3O4/c1-3-28-20(27)21(11-5-4-6-12-21)24-17(26)9-10-18-23-19(25-29-18)15-8-7-14(2)16(22)13-15/h7-8,13H,3-6,9-12H2,1-2H3,(H,24,26). The minimum absolute atomic E-state index is 0.102. The molecule has 8 heteroatoms. The normalized spacial score (nSPS) is 15.7. The Morgan fingerprint density at radius 3 is 2.72 bits per heavy atom. The number of aromatic nitrogens is 2. The molecule has 1 amide bonds. The number of rotatable bonds is 7. The molecule has 0 bridgehead atoms. The van der Waals surface area contributed by atoms with Crippen LogP contribution in [0.1, 0.15) is 56.9 Å². The third-order valence-corrected chi connectivity index (χ3v) is 5.22. The van der Waals surface area contributed by atoms with E-state index in [-0.39, 0.29) is 48.9 Å². The second kappa shape index (κ2) is 9.15. The van der Waals surface area contributed by atoms with Crippen LogP contribution in [-0.4, -0.2) is 34.2 Å². The van der Waals surface area contributed by atoms with Crippen molar-refractivity contribution >= 4 is 11.9 Å². The highest BCUT2D eigenvalue weighted by molar-refractivity contribution is 5.88. The molecule has 1 aliphatic rings. The predicted molar refractivity (Wildman–Crippen MR) is 103 cm³/mol. The van der Waals surface area contributed by atoms with E-state index in [2.05, 4.69) is 15.5 Å². The number of carbonyl (C=O) groups excluding carboxylic acids is 2. The van der Waals surface area contributed by atoms with E-state index in [1.807, 2.05) is 0 Å². The van der Waals surface area contributed by atoms with Crippen LogP contribution in [0.4, 0.5) is 4.39 Å². The van der Waals surface area contributed by atoms with Gasteiger partial charge in [-0.3, -0.25) is 4.79 Å². The van der Waals surface area contributed by atoms with Gasteiger partial charge in [-0.05, 0) is 38.3 Å². The van der Waals surface area contributed by atoms with Crippen molar-refractivity contribution in [2.24, 2.45) is 0 Å². The Kier molecular flexibility index (Phi) is 6.61. The lowest BCUT2D eigenvalue weighted by Gasteiger charge is -2.35. The molecule has 1 fully saturated rings. The molecule has 0 radical (unpaired) electrons. The predicted octanol–water partition coefficient (Wildman–Crippen LogP) is 3.50.